The van der Waals surface area contributed by atoms with E-state index in [2.05, 4.69) is 54.9 Å². The number of likely N-dealkylation sites (N-methyl/N-ethyl adjacent to an activating group) is 1. The van der Waals surface area contributed by atoms with Gasteiger partial charge in [-0.2, -0.15) is 5.10 Å². The minimum atomic E-state index is -0.192. The molecule has 3 atom stereocenters. The molecule has 43 heavy (non-hydrogen) atoms. The third-order valence-corrected chi connectivity index (χ3v) is 9.95. The van der Waals surface area contributed by atoms with Crippen LogP contribution >= 0.6 is 0 Å². The van der Waals surface area contributed by atoms with E-state index in [0.29, 0.717) is 35.6 Å². The normalized spacial score (nSPS) is 25.8. The Balaban J connectivity index is 1.27. The number of piperazine rings is 1. The molecular formula is C32H39N9O2. The molecular weight excluding hydrogens is 542 g/mol. The Morgan fingerprint density at radius 2 is 1.91 bits per heavy atom. The number of aryl methyl sites for hydroxylation is 2. The number of imidazole rings is 1. The minimum absolute atomic E-state index is 0.155. The first kappa shape index (κ1) is 26.7. The molecule has 3 unspecified atom stereocenters. The van der Waals surface area contributed by atoms with E-state index in [1.54, 1.807) is 10.9 Å². The van der Waals surface area contributed by atoms with E-state index in [1.165, 1.54) is 12.1 Å². The van der Waals surface area contributed by atoms with Crippen LogP contribution in [0.2, 0.25) is 0 Å². The molecule has 1 N–H and O–H groups in total. The van der Waals surface area contributed by atoms with Crippen molar-refractivity contribution in [3.63, 3.8) is 0 Å². The van der Waals surface area contributed by atoms with Crippen molar-refractivity contribution in [1.82, 2.24) is 34.1 Å². The second kappa shape index (κ2) is 10.1. The van der Waals surface area contributed by atoms with Gasteiger partial charge in [-0.3, -0.25) is 20.0 Å². The molecule has 1 aliphatic carbocycles. The standard InChI is InChI=1S/C32H39N9O2/c1-21-14-23-15-27(34-21)25-18-33-38(3)30(25)43-13-12-39-19-22-6-7-32(17-22,20-39)41-28-16-24(40-10-8-37(2)9-11-40)4-5-26(28)35-31(41)36-29(23)42/h4-5,14-16,18,22H,6-13,17,19-20H2,1-3H3,(H,35,36,42). The first-order chi connectivity index (χ1) is 20.8. The van der Waals surface area contributed by atoms with Crippen LogP contribution in [0.5, 0.6) is 5.88 Å². The second-order valence-corrected chi connectivity index (χ2v) is 13.0. The molecule has 1 saturated carbocycles. The van der Waals surface area contributed by atoms with E-state index in [9.17, 15) is 4.79 Å². The van der Waals surface area contributed by atoms with Crippen LogP contribution in [0.3, 0.4) is 0 Å². The van der Waals surface area contributed by atoms with Crippen molar-refractivity contribution in [3.8, 4) is 17.1 Å². The molecule has 4 aliphatic rings. The number of anilines is 2. The fourth-order valence-corrected chi connectivity index (χ4v) is 7.85. The van der Waals surface area contributed by atoms with Crippen LogP contribution in [-0.2, 0) is 12.6 Å². The maximum absolute atomic E-state index is 14.0. The van der Waals surface area contributed by atoms with E-state index in [4.69, 9.17) is 14.7 Å². The number of nitrogens with one attached hydrogen (secondary N) is 1. The number of fused-ring (bicyclic) bond motifs is 9. The number of amides is 1. The molecule has 224 valence electrons. The van der Waals surface area contributed by atoms with Crippen LogP contribution < -0.4 is 15.0 Å². The van der Waals surface area contributed by atoms with Crippen LogP contribution in [-0.4, -0.2) is 99.5 Å². The van der Waals surface area contributed by atoms with Crippen molar-refractivity contribution in [2.75, 3.05) is 69.7 Å². The highest BCUT2D eigenvalue weighted by molar-refractivity contribution is 6.05. The Bertz CT molecular complexity index is 1720. The van der Waals surface area contributed by atoms with Gasteiger partial charge in [0.1, 0.15) is 6.61 Å². The predicted octanol–water partition coefficient (Wildman–Crippen LogP) is 3.35. The molecule has 3 aliphatic heterocycles. The van der Waals surface area contributed by atoms with Crippen molar-refractivity contribution in [2.24, 2.45) is 13.0 Å². The highest BCUT2D eigenvalue weighted by atomic mass is 16.5. The number of hydrogen-bond donors (Lipinski definition) is 1. The Morgan fingerprint density at radius 3 is 2.77 bits per heavy atom. The third kappa shape index (κ3) is 4.56. The fraction of sp³-hybridized carbons (Fsp3) is 0.500. The first-order valence-corrected chi connectivity index (χ1v) is 15.5. The summed E-state index contributed by atoms with van der Waals surface area (Å²) in [6, 6.07) is 10.3. The summed E-state index contributed by atoms with van der Waals surface area (Å²) in [6.07, 6.45) is 5.08. The van der Waals surface area contributed by atoms with E-state index >= 15 is 0 Å². The number of carbonyl (C=O) groups excluding carboxylic acids is 1. The number of piperidine rings is 1. The average Bonchev–Trinajstić information content (AvgIpc) is 3.64. The van der Waals surface area contributed by atoms with E-state index in [1.807, 2.05) is 26.1 Å². The lowest BCUT2D eigenvalue weighted by atomic mass is 9.90. The Labute approximate surface area is 251 Å². The maximum Gasteiger partial charge on any atom is 0.258 e. The lowest BCUT2D eigenvalue weighted by molar-refractivity contribution is 0.0902. The van der Waals surface area contributed by atoms with Gasteiger partial charge >= 0.3 is 0 Å². The predicted molar refractivity (Wildman–Crippen MR) is 166 cm³/mol. The molecule has 1 spiro atoms. The number of nitrogens with zero attached hydrogens (tertiary/aromatic N) is 8. The number of hydrogen-bond acceptors (Lipinski definition) is 8. The average molecular weight is 582 g/mol. The third-order valence-electron chi connectivity index (χ3n) is 9.95. The van der Waals surface area contributed by atoms with Crippen molar-refractivity contribution in [2.45, 2.75) is 31.7 Å². The van der Waals surface area contributed by atoms with Crippen LogP contribution in [0.15, 0.2) is 36.5 Å². The number of benzene rings is 1. The van der Waals surface area contributed by atoms with E-state index in [-0.39, 0.29) is 11.4 Å². The summed E-state index contributed by atoms with van der Waals surface area (Å²) in [4.78, 5) is 31.2. The largest absolute Gasteiger partial charge is 0.476 e. The summed E-state index contributed by atoms with van der Waals surface area (Å²) in [5.74, 6) is 1.70. The molecule has 6 heterocycles. The molecule has 11 nitrogen and oxygen atoms in total. The quantitative estimate of drug-likeness (QED) is 0.366. The molecule has 3 aromatic heterocycles. The van der Waals surface area contributed by atoms with Gasteiger partial charge in [0.2, 0.25) is 11.8 Å². The zero-order valence-electron chi connectivity index (χ0n) is 25.2. The number of carbonyl (C=O) groups is 1. The molecule has 3 fully saturated rings. The van der Waals surface area contributed by atoms with Gasteiger partial charge in [-0.05, 0) is 69.5 Å². The molecule has 1 amide bonds. The molecule has 5 bridgehead atoms. The molecule has 8 rings (SSSR count). The Kier molecular flexibility index (Phi) is 6.23. The van der Waals surface area contributed by atoms with Gasteiger partial charge in [-0.1, -0.05) is 0 Å². The SMILES string of the molecule is Cc1cc2cc(n1)-c1cnn(C)c1OCCN1CC3CCC(C3)(C1)n1c(nc3ccc(N4CCN(C)CC4)cc31)NC2=O. The van der Waals surface area contributed by atoms with Crippen molar-refractivity contribution in [3.05, 3.63) is 47.8 Å². The fourth-order valence-electron chi connectivity index (χ4n) is 7.85. The smallest absolute Gasteiger partial charge is 0.258 e. The Morgan fingerprint density at radius 1 is 1.05 bits per heavy atom. The number of ether oxygens (including phenoxy) is 1. The highest BCUT2D eigenvalue weighted by Gasteiger charge is 2.48. The zero-order chi connectivity index (χ0) is 29.3. The number of pyridine rings is 1. The van der Waals surface area contributed by atoms with Crippen molar-refractivity contribution >= 4 is 28.6 Å². The van der Waals surface area contributed by atoms with Gasteiger partial charge in [0, 0.05) is 69.8 Å². The van der Waals surface area contributed by atoms with Gasteiger partial charge in [-0.15, -0.1) is 0 Å². The summed E-state index contributed by atoms with van der Waals surface area (Å²) in [6.45, 7) is 9.34. The lowest BCUT2D eigenvalue weighted by Gasteiger charge is -2.42. The molecule has 2 saturated heterocycles. The van der Waals surface area contributed by atoms with Gasteiger partial charge in [0.25, 0.3) is 5.91 Å². The summed E-state index contributed by atoms with van der Waals surface area (Å²) < 4.78 is 10.5. The van der Waals surface area contributed by atoms with Crippen molar-refractivity contribution < 1.29 is 9.53 Å². The highest BCUT2D eigenvalue weighted by Crippen LogP contribution is 2.48. The summed E-state index contributed by atoms with van der Waals surface area (Å²) in [7, 11) is 4.07. The number of aromatic nitrogens is 5. The summed E-state index contributed by atoms with van der Waals surface area (Å²) in [5, 5.41) is 7.72. The molecule has 4 aromatic rings. The summed E-state index contributed by atoms with van der Waals surface area (Å²) in [5.41, 5.74) is 5.83. The monoisotopic (exact) mass is 581 g/mol. The topological polar surface area (TPSA) is 96.6 Å². The van der Waals surface area contributed by atoms with Gasteiger partial charge in [-0.25, -0.2) is 9.67 Å². The van der Waals surface area contributed by atoms with E-state index < -0.39 is 0 Å². The molecule has 11 heteroatoms. The van der Waals surface area contributed by atoms with Gasteiger partial charge < -0.3 is 19.1 Å². The summed E-state index contributed by atoms with van der Waals surface area (Å²) >= 11 is 0. The molecule has 0 radical (unpaired) electrons. The van der Waals surface area contributed by atoms with Gasteiger partial charge in [0.15, 0.2) is 0 Å². The van der Waals surface area contributed by atoms with Gasteiger partial charge in [0.05, 0.1) is 34.0 Å². The Hall–Kier alpha value is -3.96. The van der Waals surface area contributed by atoms with Crippen molar-refractivity contribution in [1.29, 1.82) is 0 Å². The van der Waals surface area contributed by atoms with Crippen LogP contribution in [0, 0.1) is 12.8 Å². The van der Waals surface area contributed by atoms with Crippen LogP contribution in [0.25, 0.3) is 22.3 Å². The molecule has 1 aromatic carbocycles. The zero-order valence-corrected chi connectivity index (χ0v) is 25.2. The first-order valence-electron chi connectivity index (χ1n) is 15.5. The van der Waals surface area contributed by atoms with Crippen LogP contribution in [0.4, 0.5) is 11.6 Å². The lowest BCUT2D eigenvalue weighted by Crippen LogP contribution is -2.50. The second-order valence-electron chi connectivity index (χ2n) is 13.0. The maximum atomic E-state index is 14.0. The van der Waals surface area contributed by atoms with Crippen LogP contribution in [0.1, 0.15) is 35.3 Å². The van der Waals surface area contributed by atoms with E-state index in [0.717, 1.165) is 80.9 Å². The minimum Gasteiger partial charge on any atom is -0.476 e. The number of rotatable bonds is 1.